The fraction of sp³-hybridized carbons (Fsp3) is 1.00. The predicted molar refractivity (Wildman–Crippen MR) is 62.1 cm³/mol. The lowest BCUT2D eigenvalue weighted by Gasteiger charge is -2.38. The summed E-state index contributed by atoms with van der Waals surface area (Å²) in [6.45, 7) is 6.34. The highest BCUT2D eigenvalue weighted by Gasteiger charge is 2.44. The molecule has 0 spiro atoms. The highest BCUT2D eigenvalue weighted by Crippen LogP contribution is 2.38. The van der Waals surface area contributed by atoms with Gasteiger partial charge in [-0.25, -0.2) is 0 Å². The van der Waals surface area contributed by atoms with Crippen LogP contribution >= 0.6 is 0 Å². The molecule has 15 heavy (non-hydrogen) atoms. The summed E-state index contributed by atoms with van der Waals surface area (Å²) >= 11 is 0. The van der Waals surface area contributed by atoms with Gasteiger partial charge >= 0.3 is 0 Å². The molecule has 0 radical (unpaired) electrons. The van der Waals surface area contributed by atoms with Gasteiger partial charge in [0, 0.05) is 44.3 Å². The fourth-order valence-corrected chi connectivity index (χ4v) is 3.53. The van der Waals surface area contributed by atoms with Crippen LogP contribution in [0, 0.1) is 0 Å². The second-order valence-corrected chi connectivity index (χ2v) is 5.78. The van der Waals surface area contributed by atoms with Crippen LogP contribution in [0.25, 0.3) is 0 Å². The predicted octanol–water partition coefficient (Wildman–Crippen LogP) is 0.518. The molecule has 86 valence electrons. The van der Waals surface area contributed by atoms with Crippen LogP contribution in [0.5, 0.6) is 0 Å². The van der Waals surface area contributed by atoms with E-state index in [0.717, 1.165) is 6.04 Å². The number of fused-ring (bicyclic) bond motifs is 2. The zero-order valence-electron chi connectivity index (χ0n) is 9.84. The highest BCUT2D eigenvalue weighted by atomic mass is 15.3. The van der Waals surface area contributed by atoms with Gasteiger partial charge in [-0.3, -0.25) is 4.90 Å². The van der Waals surface area contributed by atoms with E-state index in [0.29, 0.717) is 5.54 Å². The lowest BCUT2D eigenvalue weighted by molar-refractivity contribution is 0.121. The van der Waals surface area contributed by atoms with Gasteiger partial charge in [0.05, 0.1) is 0 Å². The quantitative estimate of drug-likeness (QED) is 0.715. The third-order valence-corrected chi connectivity index (χ3v) is 4.58. The van der Waals surface area contributed by atoms with Crippen LogP contribution in [0.3, 0.4) is 0 Å². The Hall–Kier alpha value is -0.120. The van der Waals surface area contributed by atoms with Crippen LogP contribution in [-0.4, -0.2) is 61.2 Å². The van der Waals surface area contributed by atoms with Crippen molar-refractivity contribution in [1.29, 1.82) is 0 Å². The van der Waals surface area contributed by atoms with Gasteiger partial charge in [-0.2, -0.15) is 0 Å². The molecule has 3 heterocycles. The summed E-state index contributed by atoms with van der Waals surface area (Å²) in [5.41, 5.74) is 0.514. The minimum absolute atomic E-state index is 0.514. The Morgan fingerprint density at radius 2 is 1.80 bits per heavy atom. The molecule has 3 heteroatoms. The standard InChI is InChI=1S/C12H23N3/c1-14-6-8-15(9-7-14)10-12-4-2-11(13-12)3-5-12/h11,13H,2-10H2,1H3. The average molecular weight is 209 g/mol. The van der Waals surface area contributed by atoms with Gasteiger partial charge in [0.2, 0.25) is 0 Å². The summed E-state index contributed by atoms with van der Waals surface area (Å²) in [5.74, 6) is 0. The van der Waals surface area contributed by atoms with Crippen LogP contribution in [0.2, 0.25) is 0 Å². The molecule has 2 bridgehead atoms. The summed E-state index contributed by atoms with van der Waals surface area (Å²) in [5, 5.41) is 3.84. The van der Waals surface area contributed by atoms with Gasteiger partial charge in [-0.15, -0.1) is 0 Å². The van der Waals surface area contributed by atoms with Crippen molar-refractivity contribution in [2.45, 2.75) is 37.3 Å². The number of nitrogens with zero attached hydrogens (tertiary/aromatic N) is 2. The van der Waals surface area contributed by atoms with Gasteiger partial charge in [0.25, 0.3) is 0 Å². The Balaban J connectivity index is 1.56. The van der Waals surface area contributed by atoms with Crippen LogP contribution < -0.4 is 5.32 Å². The molecule has 3 saturated heterocycles. The van der Waals surface area contributed by atoms with Gasteiger partial charge in [-0.05, 0) is 32.7 Å². The summed E-state index contributed by atoms with van der Waals surface area (Å²) in [6.07, 6.45) is 5.69. The Morgan fingerprint density at radius 1 is 1.13 bits per heavy atom. The van der Waals surface area contributed by atoms with Gasteiger partial charge in [-0.1, -0.05) is 0 Å². The van der Waals surface area contributed by atoms with E-state index in [9.17, 15) is 0 Å². The molecule has 3 aliphatic heterocycles. The van der Waals surface area contributed by atoms with Crippen molar-refractivity contribution in [3.63, 3.8) is 0 Å². The van der Waals surface area contributed by atoms with E-state index in [2.05, 4.69) is 22.2 Å². The van der Waals surface area contributed by atoms with Crippen molar-refractivity contribution in [2.24, 2.45) is 0 Å². The van der Waals surface area contributed by atoms with E-state index in [1.807, 2.05) is 0 Å². The maximum Gasteiger partial charge on any atom is 0.0312 e. The molecule has 0 unspecified atom stereocenters. The maximum atomic E-state index is 3.84. The number of hydrogen-bond donors (Lipinski definition) is 1. The monoisotopic (exact) mass is 209 g/mol. The Kier molecular flexibility index (Phi) is 2.49. The van der Waals surface area contributed by atoms with E-state index < -0.39 is 0 Å². The number of nitrogens with one attached hydrogen (secondary N) is 1. The summed E-state index contributed by atoms with van der Waals surface area (Å²) < 4.78 is 0. The van der Waals surface area contributed by atoms with Crippen molar-refractivity contribution >= 4 is 0 Å². The third kappa shape index (κ3) is 1.93. The molecule has 0 saturated carbocycles. The normalized spacial score (nSPS) is 42.6. The highest BCUT2D eigenvalue weighted by molar-refractivity contribution is 5.06. The van der Waals surface area contributed by atoms with Gasteiger partial charge < -0.3 is 10.2 Å². The lowest BCUT2D eigenvalue weighted by Crippen LogP contribution is -2.53. The van der Waals surface area contributed by atoms with Crippen LogP contribution in [0.1, 0.15) is 25.7 Å². The maximum absolute atomic E-state index is 3.84. The second-order valence-electron chi connectivity index (χ2n) is 5.78. The third-order valence-electron chi connectivity index (χ3n) is 4.58. The largest absolute Gasteiger partial charge is 0.307 e. The van der Waals surface area contributed by atoms with Crippen LogP contribution in [0.15, 0.2) is 0 Å². The number of piperazine rings is 1. The first-order valence-corrected chi connectivity index (χ1v) is 6.44. The molecule has 3 nitrogen and oxygen atoms in total. The summed E-state index contributed by atoms with van der Waals surface area (Å²) in [4.78, 5) is 5.11. The molecule has 0 aromatic heterocycles. The molecule has 0 amide bonds. The minimum Gasteiger partial charge on any atom is -0.307 e. The Bertz CT molecular complexity index is 225. The minimum atomic E-state index is 0.514. The van der Waals surface area contributed by atoms with E-state index in [1.54, 1.807) is 0 Å². The molecule has 0 aromatic carbocycles. The van der Waals surface area contributed by atoms with Crippen molar-refractivity contribution in [3.8, 4) is 0 Å². The van der Waals surface area contributed by atoms with Crippen LogP contribution in [0.4, 0.5) is 0 Å². The smallest absolute Gasteiger partial charge is 0.0312 e. The lowest BCUT2D eigenvalue weighted by atomic mass is 9.87. The first kappa shape index (κ1) is 10.1. The molecule has 3 rings (SSSR count). The molecule has 3 aliphatic rings. The summed E-state index contributed by atoms with van der Waals surface area (Å²) in [6, 6.07) is 0.859. The number of hydrogen-bond acceptors (Lipinski definition) is 3. The Labute approximate surface area is 92.8 Å². The molecule has 3 fully saturated rings. The zero-order chi connectivity index (χ0) is 10.3. The molecule has 1 N–H and O–H groups in total. The van der Waals surface area contributed by atoms with Crippen molar-refractivity contribution < 1.29 is 0 Å². The molecular formula is C12H23N3. The SMILES string of the molecule is CN1CCN(CC23CCC(CC2)N3)CC1. The number of likely N-dealkylation sites (N-methyl/N-ethyl adjacent to an activating group) is 1. The van der Waals surface area contributed by atoms with Gasteiger partial charge in [0.15, 0.2) is 0 Å². The average Bonchev–Trinajstić information content (AvgIpc) is 2.81. The van der Waals surface area contributed by atoms with E-state index in [1.165, 1.54) is 58.4 Å². The van der Waals surface area contributed by atoms with Crippen LogP contribution in [-0.2, 0) is 0 Å². The first-order valence-electron chi connectivity index (χ1n) is 6.44. The molecule has 0 aliphatic carbocycles. The van der Waals surface area contributed by atoms with E-state index in [4.69, 9.17) is 0 Å². The first-order chi connectivity index (χ1) is 7.26. The number of rotatable bonds is 2. The second kappa shape index (κ2) is 3.72. The van der Waals surface area contributed by atoms with Gasteiger partial charge in [0.1, 0.15) is 0 Å². The topological polar surface area (TPSA) is 18.5 Å². The summed E-state index contributed by atoms with van der Waals surface area (Å²) in [7, 11) is 2.23. The van der Waals surface area contributed by atoms with Crippen molar-refractivity contribution in [1.82, 2.24) is 15.1 Å². The molecular weight excluding hydrogens is 186 g/mol. The van der Waals surface area contributed by atoms with Crippen molar-refractivity contribution in [2.75, 3.05) is 39.8 Å². The van der Waals surface area contributed by atoms with E-state index >= 15 is 0 Å². The molecule has 0 aromatic rings. The Morgan fingerprint density at radius 3 is 2.33 bits per heavy atom. The zero-order valence-corrected chi connectivity index (χ0v) is 9.84. The fourth-order valence-electron chi connectivity index (χ4n) is 3.53. The molecule has 0 atom stereocenters. The van der Waals surface area contributed by atoms with Crippen molar-refractivity contribution in [3.05, 3.63) is 0 Å². The van der Waals surface area contributed by atoms with E-state index in [-0.39, 0.29) is 0 Å².